The lowest BCUT2D eigenvalue weighted by Crippen LogP contribution is -2.50. The summed E-state index contributed by atoms with van der Waals surface area (Å²) in [6.07, 6.45) is 0. The number of hydrogen-bond donors (Lipinski definition) is 0. The number of piperazine rings is 1. The first-order valence-electron chi connectivity index (χ1n) is 9.23. The van der Waals surface area contributed by atoms with Gasteiger partial charge >= 0.3 is 0 Å². The van der Waals surface area contributed by atoms with Crippen molar-refractivity contribution in [3.05, 3.63) is 64.1 Å². The average molecular weight is 456 g/mol. The molecule has 0 bridgehead atoms. The summed E-state index contributed by atoms with van der Waals surface area (Å²) >= 11 is 12.2. The fourth-order valence-electron chi connectivity index (χ4n) is 3.13. The second-order valence-electron chi connectivity index (χ2n) is 7.02. The first-order chi connectivity index (χ1) is 13.8. The molecule has 6 nitrogen and oxygen atoms in total. The van der Waals surface area contributed by atoms with Crippen molar-refractivity contribution in [1.29, 1.82) is 0 Å². The van der Waals surface area contributed by atoms with Gasteiger partial charge in [0.1, 0.15) is 4.90 Å². The van der Waals surface area contributed by atoms with E-state index in [9.17, 15) is 13.2 Å². The van der Waals surface area contributed by atoms with E-state index in [-0.39, 0.29) is 33.9 Å². The highest BCUT2D eigenvalue weighted by molar-refractivity contribution is 7.89. The van der Waals surface area contributed by atoms with Crippen molar-refractivity contribution in [2.45, 2.75) is 11.4 Å². The van der Waals surface area contributed by atoms with Crippen LogP contribution in [0.15, 0.2) is 53.4 Å². The highest BCUT2D eigenvalue weighted by Crippen LogP contribution is 2.28. The van der Waals surface area contributed by atoms with Gasteiger partial charge in [0.05, 0.1) is 11.6 Å². The van der Waals surface area contributed by atoms with E-state index in [1.807, 2.05) is 37.4 Å². The zero-order valence-corrected chi connectivity index (χ0v) is 18.4. The van der Waals surface area contributed by atoms with Crippen LogP contribution in [-0.2, 0) is 21.4 Å². The average Bonchev–Trinajstić information content (AvgIpc) is 2.70. The van der Waals surface area contributed by atoms with Crippen LogP contribution in [0, 0.1) is 0 Å². The standard InChI is InChI=1S/C20H23Cl2N3O3S/c1-23-9-11-24(12-10-23)20(26)15-25(14-16-5-3-2-4-6-16)29(27,28)19-13-17(21)7-8-18(19)22/h2-8,13H,9-12,14-15H2,1H3. The van der Waals surface area contributed by atoms with E-state index in [1.54, 1.807) is 4.90 Å². The Morgan fingerprint density at radius 2 is 1.69 bits per heavy atom. The minimum absolute atomic E-state index is 0.0610. The molecule has 1 fully saturated rings. The number of amides is 1. The number of halogens is 2. The van der Waals surface area contributed by atoms with E-state index >= 15 is 0 Å². The molecule has 2 aromatic carbocycles. The molecule has 0 N–H and O–H groups in total. The molecule has 9 heteroatoms. The Balaban J connectivity index is 1.90. The van der Waals surface area contributed by atoms with Crippen molar-refractivity contribution in [3.8, 4) is 0 Å². The van der Waals surface area contributed by atoms with Gasteiger partial charge in [-0.1, -0.05) is 53.5 Å². The van der Waals surface area contributed by atoms with Gasteiger partial charge in [0, 0.05) is 37.7 Å². The molecule has 0 saturated carbocycles. The molecule has 1 amide bonds. The van der Waals surface area contributed by atoms with Crippen molar-refractivity contribution in [2.24, 2.45) is 0 Å². The van der Waals surface area contributed by atoms with E-state index in [2.05, 4.69) is 4.90 Å². The van der Waals surface area contributed by atoms with Crippen LogP contribution < -0.4 is 0 Å². The summed E-state index contributed by atoms with van der Waals surface area (Å²) in [6, 6.07) is 13.4. The number of nitrogens with zero attached hydrogens (tertiary/aromatic N) is 3. The summed E-state index contributed by atoms with van der Waals surface area (Å²) in [5.41, 5.74) is 0.778. The maximum Gasteiger partial charge on any atom is 0.245 e. The smallest absolute Gasteiger partial charge is 0.245 e. The minimum Gasteiger partial charge on any atom is -0.339 e. The van der Waals surface area contributed by atoms with E-state index in [0.29, 0.717) is 13.1 Å². The fraction of sp³-hybridized carbons (Fsp3) is 0.350. The Morgan fingerprint density at radius 3 is 2.34 bits per heavy atom. The molecule has 29 heavy (non-hydrogen) atoms. The van der Waals surface area contributed by atoms with E-state index < -0.39 is 10.0 Å². The molecule has 2 aromatic rings. The van der Waals surface area contributed by atoms with Gasteiger partial charge in [0.2, 0.25) is 15.9 Å². The van der Waals surface area contributed by atoms with Gasteiger partial charge in [0.15, 0.2) is 0 Å². The van der Waals surface area contributed by atoms with Gasteiger partial charge in [-0.05, 0) is 30.8 Å². The molecule has 156 valence electrons. The number of rotatable bonds is 6. The van der Waals surface area contributed by atoms with Crippen LogP contribution in [-0.4, -0.2) is 68.2 Å². The van der Waals surface area contributed by atoms with Crippen LogP contribution in [0.3, 0.4) is 0 Å². The molecule has 0 aromatic heterocycles. The Kier molecular flexibility index (Phi) is 7.19. The molecular weight excluding hydrogens is 433 g/mol. The molecule has 1 heterocycles. The Labute approximate surface area is 181 Å². The van der Waals surface area contributed by atoms with E-state index in [0.717, 1.165) is 18.7 Å². The maximum absolute atomic E-state index is 13.4. The van der Waals surface area contributed by atoms with Gasteiger partial charge in [-0.25, -0.2) is 8.42 Å². The molecule has 0 unspecified atom stereocenters. The van der Waals surface area contributed by atoms with Crippen LogP contribution in [0.4, 0.5) is 0 Å². The predicted octanol–water partition coefficient (Wildman–Crippen LogP) is 2.96. The number of carbonyl (C=O) groups excluding carboxylic acids is 1. The SMILES string of the molecule is CN1CCN(C(=O)CN(Cc2ccccc2)S(=O)(=O)c2cc(Cl)ccc2Cl)CC1. The predicted molar refractivity (Wildman–Crippen MR) is 115 cm³/mol. The van der Waals surface area contributed by atoms with E-state index in [4.69, 9.17) is 23.2 Å². The third-order valence-electron chi connectivity index (χ3n) is 4.88. The summed E-state index contributed by atoms with van der Waals surface area (Å²) < 4.78 is 27.9. The normalized spacial score (nSPS) is 15.7. The van der Waals surface area contributed by atoms with Gasteiger partial charge in [-0.3, -0.25) is 4.79 Å². The topological polar surface area (TPSA) is 60.9 Å². The second-order valence-corrected chi connectivity index (χ2v) is 9.77. The van der Waals surface area contributed by atoms with Crippen LogP contribution >= 0.6 is 23.2 Å². The quantitative estimate of drug-likeness (QED) is 0.671. The Morgan fingerprint density at radius 1 is 1.03 bits per heavy atom. The second kappa shape index (κ2) is 9.45. The third-order valence-corrected chi connectivity index (χ3v) is 7.39. The number of benzene rings is 2. The summed E-state index contributed by atoms with van der Waals surface area (Å²) in [5, 5.41) is 0.331. The monoisotopic (exact) mass is 455 g/mol. The molecule has 0 spiro atoms. The van der Waals surface area contributed by atoms with Gasteiger partial charge < -0.3 is 9.80 Å². The first-order valence-corrected chi connectivity index (χ1v) is 11.4. The Hall–Kier alpha value is -1.64. The van der Waals surface area contributed by atoms with Crippen molar-refractivity contribution >= 4 is 39.1 Å². The van der Waals surface area contributed by atoms with Crippen LogP contribution in [0.2, 0.25) is 10.0 Å². The Bertz CT molecular complexity index is 962. The highest BCUT2D eigenvalue weighted by Gasteiger charge is 2.31. The van der Waals surface area contributed by atoms with Gasteiger partial charge in [-0.15, -0.1) is 0 Å². The molecule has 0 atom stereocenters. The zero-order chi connectivity index (χ0) is 21.0. The van der Waals surface area contributed by atoms with Gasteiger partial charge in [0.25, 0.3) is 0 Å². The summed E-state index contributed by atoms with van der Waals surface area (Å²) in [6.45, 7) is 2.48. The van der Waals surface area contributed by atoms with Crippen molar-refractivity contribution < 1.29 is 13.2 Å². The molecule has 1 aliphatic heterocycles. The number of hydrogen-bond acceptors (Lipinski definition) is 4. The molecule has 1 saturated heterocycles. The lowest BCUT2D eigenvalue weighted by atomic mass is 10.2. The fourth-order valence-corrected chi connectivity index (χ4v) is 5.25. The minimum atomic E-state index is -4.04. The summed E-state index contributed by atoms with van der Waals surface area (Å²) in [5.74, 6) is -0.226. The zero-order valence-electron chi connectivity index (χ0n) is 16.1. The number of likely N-dealkylation sites (N-methyl/N-ethyl adjacent to an activating group) is 1. The van der Waals surface area contributed by atoms with Crippen LogP contribution in [0.25, 0.3) is 0 Å². The van der Waals surface area contributed by atoms with Gasteiger partial charge in [-0.2, -0.15) is 4.31 Å². The lowest BCUT2D eigenvalue weighted by molar-refractivity contribution is -0.133. The molecular formula is C20H23Cl2N3O3S. The highest BCUT2D eigenvalue weighted by atomic mass is 35.5. The largest absolute Gasteiger partial charge is 0.339 e. The molecule has 3 rings (SSSR count). The summed E-state index contributed by atoms with van der Waals surface area (Å²) in [4.78, 5) is 16.6. The molecule has 0 aliphatic carbocycles. The molecule has 1 aliphatic rings. The van der Waals surface area contributed by atoms with Crippen LogP contribution in [0.1, 0.15) is 5.56 Å². The first kappa shape index (κ1) is 22.1. The number of carbonyl (C=O) groups is 1. The van der Waals surface area contributed by atoms with Crippen molar-refractivity contribution in [2.75, 3.05) is 39.8 Å². The lowest BCUT2D eigenvalue weighted by Gasteiger charge is -2.34. The van der Waals surface area contributed by atoms with Crippen molar-refractivity contribution in [1.82, 2.24) is 14.1 Å². The maximum atomic E-state index is 13.4. The molecule has 0 radical (unpaired) electrons. The van der Waals surface area contributed by atoms with Crippen LogP contribution in [0.5, 0.6) is 0 Å². The van der Waals surface area contributed by atoms with E-state index in [1.165, 1.54) is 22.5 Å². The third kappa shape index (κ3) is 5.49. The number of sulfonamides is 1. The summed E-state index contributed by atoms with van der Waals surface area (Å²) in [7, 11) is -2.04. The van der Waals surface area contributed by atoms with Crippen molar-refractivity contribution in [3.63, 3.8) is 0 Å².